The fourth-order valence-electron chi connectivity index (χ4n) is 1.54. The van der Waals surface area contributed by atoms with Crippen LogP contribution in [0.25, 0.3) is 10.8 Å². The number of carboxylic acid groups (broad SMARTS) is 1. The van der Waals surface area contributed by atoms with Crippen LogP contribution in [0.4, 0.5) is 5.69 Å². The lowest BCUT2D eigenvalue weighted by molar-refractivity contribution is 0.0699. The maximum atomic E-state index is 11.0. The van der Waals surface area contributed by atoms with Crippen LogP contribution in [-0.2, 0) is 0 Å². The summed E-state index contributed by atoms with van der Waals surface area (Å²) in [5, 5.41) is 10.5. The van der Waals surface area contributed by atoms with E-state index in [1.807, 2.05) is 12.1 Å². The highest BCUT2D eigenvalue weighted by Gasteiger charge is 2.09. The van der Waals surface area contributed by atoms with Crippen molar-refractivity contribution in [3.05, 3.63) is 40.4 Å². The first-order valence-corrected chi connectivity index (χ1v) is 5.09. The molecule has 0 aliphatic carbocycles. The lowest BCUT2D eigenvalue weighted by Gasteiger charge is -2.04. The number of hydrogen-bond acceptors (Lipinski definition) is 2. The van der Waals surface area contributed by atoms with Crippen LogP contribution in [0.5, 0.6) is 0 Å². The largest absolute Gasteiger partial charge is 0.478 e. The van der Waals surface area contributed by atoms with Gasteiger partial charge in [-0.25, -0.2) is 4.79 Å². The van der Waals surface area contributed by atoms with Gasteiger partial charge < -0.3 is 10.8 Å². The number of carbonyl (C=O) groups is 1. The van der Waals surface area contributed by atoms with E-state index in [-0.39, 0.29) is 5.56 Å². The predicted molar refractivity (Wildman–Crippen MR) is 63.0 cm³/mol. The Morgan fingerprint density at radius 2 is 2.00 bits per heavy atom. The first-order chi connectivity index (χ1) is 7.08. The molecular formula is C11H8BrNO2. The standard InChI is InChI=1S/C11H8BrNO2/c12-7-1-2-9-6(3-7)4-8(13)5-10(9)11(14)15/h1-5H,13H2,(H,14,15). The zero-order chi connectivity index (χ0) is 11.0. The van der Waals surface area contributed by atoms with Gasteiger partial charge in [0.05, 0.1) is 5.56 Å². The van der Waals surface area contributed by atoms with Gasteiger partial charge in [-0.05, 0) is 35.0 Å². The third-order valence-electron chi connectivity index (χ3n) is 2.17. The Hall–Kier alpha value is -1.55. The van der Waals surface area contributed by atoms with E-state index in [2.05, 4.69) is 15.9 Å². The van der Waals surface area contributed by atoms with Crippen LogP contribution < -0.4 is 5.73 Å². The Balaban J connectivity index is 2.86. The van der Waals surface area contributed by atoms with Crippen LogP contribution in [0, 0.1) is 0 Å². The smallest absolute Gasteiger partial charge is 0.336 e. The highest BCUT2D eigenvalue weighted by Crippen LogP contribution is 2.25. The second kappa shape index (κ2) is 3.55. The molecule has 0 unspecified atom stereocenters. The summed E-state index contributed by atoms with van der Waals surface area (Å²) < 4.78 is 0.900. The minimum atomic E-state index is -0.963. The quantitative estimate of drug-likeness (QED) is 0.780. The average molecular weight is 266 g/mol. The van der Waals surface area contributed by atoms with Crippen molar-refractivity contribution >= 4 is 38.4 Å². The number of nitrogens with two attached hydrogens (primary N) is 1. The molecule has 0 radical (unpaired) electrons. The lowest BCUT2D eigenvalue weighted by atomic mass is 10.0. The van der Waals surface area contributed by atoms with Gasteiger partial charge >= 0.3 is 5.97 Å². The Kier molecular flexibility index (Phi) is 2.36. The van der Waals surface area contributed by atoms with Crippen LogP contribution in [0.15, 0.2) is 34.8 Å². The molecule has 0 saturated heterocycles. The first kappa shape index (κ1) is 9.98. The fourth-order valence-corrected chi connectivity index (χ4v) is 1.92. The zero-order valence-electron chi connectivity index (χ0n) is 7.70. The second-order valence-electron chi connectivity index (χ2n) is 3.24. The van der Waals surface area contributed by atoms with Gasteiger partial charge in [-0.1, -0.05) is 22.0 Å². The number of anilines is 1. The molecule has 0 heterocycles. The van der Waals surface area contributed by atoms with Gasteiger partial charge in [0.25, 0.3) is 0 Å². The summed E-state index contributed by atoms with van der Waals surface area (Å²) >= 11 is 3.33. The molecule has 3 nitrogen and oxygen atoms in total. The van der Waals surface area contributed by atoms with Crippen molar-refractivity contribution < 1.29 is 9.90 Å². The van der Waals surface area contributed by atoms with Crippen LogP contribution in [0.2, 0.25) is 0 Å². The van der Waals surface area contributed by atoms with E-state index in [1.165, 1.54) is 6.07 Å². The van der Waals surface area contributed by atoms with Crippen LogP contribution in [0.1, 0.15) is 10.4 Å². The summed E-state index contributed by atoms with van der Waals surface area (Å²) in [6.07, 6.45) is 0. The fraction of sp³-hybridized carbons (Fsp3) is 0. The SMILES string of the molecule is Nc1cc(C(=O)O)c2ccc(Br)cc2c1. The molecule has 0 aliphatic heterocycles. The summed E-state index contributed by atoms with van der Waals surface area (Å²) in [6.45, 7) is 0. The molecule has 0 fully saturated rings. The van der Waals surface area contributed by atoms with Crippen molar-refractivity contribution in [2.75, 3.05) is 5.73 Å². The number of hydrogen-bond donors (Lipinski definition) is 2. The van der Waals surface area contributed by atoms with Gasteiger partial charge in [0.2, 0.25) is 0 Å². The first-order valence-electron chi connectivity index (χ1n) is 4.30. The molecule has 2 aromatic carbocycles. The van der Waals surface area contributed by atoms with E-state index in [1.54, 1.807) is 12.1 Å². The minimum absolute atomic E-state index is 0.234. The molecule has 0 amide bonds. The van der Waals surface area contributed by atoms with Crippen molar-refractivity contribution in [3.8, 4) is 0 Å². The number of benzene rings is 2. The van der Waals surface area contributed by atoms with Gasteiger partial charge in [-0.2, -0.15) is 0 Å². The van der Waals surface area contributed by atoms with Crippen LogP contribution in [0.3, 0.4) is 0 Å². The zero-order valence-corrected chi connectivity index (χ0v) is 9.28. The molecule has 3 N–H and O–H groups in total. The van der Waals surface area contributed by atoms with Crippen LogP contribution in [-0.4, -0.2) is 11.1 Å². The Labute approximate surface area is 94.6 Å². The molecular weight excluding hydrogens is 258 g/mol. The Bertz CT molecular complexity index is 546. The molecule has 0 atom stereocenters. The highest BCUT2D eigenvalue weighted by atomic mass is 79.9. The van der Waals surface area contributed by atoms with Gasteiger partial charge in [-0.15, -0.1) is 0 Å². The van der Waals surface area contributed by atoms with Gasteiger partial charge in [0, 0.05) is 10.2 Å². The molecule has 4 heteroatoms. The van der Waals surface area contributed by atoms with E-state index in [4.69, 9.17) is 10.8 Å². The van der Waals surface area contributed by atoms with Crippen molar-refractivity contribution in [3.63, 3.8) is 0 Å². The number of rotatable bonds is 1. The predicted octanol–water partition coefficient (Wildman–Crippen LogP) is 2.88. The van der Waals surface area contributed by atoms with Crippen molar-refractivity contribution in [1.29, 1.82) is 0 Å². The van der Waals surface area contributed by atoms with Gasteiger partial charge in [0.15, 0.2) is 0 Å². The number of fused-ring (bicyclic) bond motifs is 1. The van der Waals surface area contributed by atoms with Crippen molar-refractivity contribution in [2.45, 2.75) is 0 Å². The van der Waals surface area contributed by atoms with E-state index < -0.39 is 5.97 Å². The average Bonchev–Trinajstić information content (AvgIpc) is 2.15. The molecule has 0 saturated carbocycles. The summed E-state index contributed by atoms with van der Waals surface area (Å²) in [5.74, 6) is -0.963. The molecule has 15 heavy (non-hydrogen) atoms. The minimum Gasteiger partial charge on any atom is -0.478 e. The summed E-state index contributed by atoms with van der Waals surface area (Å²) in [4.78, 5) is 11.0. The summed E-state index contributed by atoms with van der Waals surface area (Å²) in [7, 11) is 0. The molecule has 0 aliphatic rings. The number of aromatic carboxylic acids is 1. The molecule has 76 valence electrons. The number of halogens is 1. The monoisotopic (exact) mass is 265 g/mol. The van der Waals surface area contributed by atoms with Gasteiger partial charge in [-0.3, -0.25) is 0 Å². The van der Waals surface area contributed by atoms with E-state index >= 15 is 0 Å². The maximum Gasteiger partial charge on any atom is 0.336 e. The Morgan fingerprint density at radius 1 is 1.27 bits per heavy atom. The molecule has 2 aromatic rings. The Morgan fingerprint density at radius 3 is 2.67 bits per heavy atom. The lowest BCUT2D eigenvalue weighted by Crippen LogP contribution is -1.99. The molecule has 0 spiro atoms. The maximum absolute atomic E-state index is 11.0. The topological polar surface area (TPSA) is 63.3 Å². The normalized spacial score (nSPS) is 10.5. The molecule has 2 rings (SSSR count). The third-order valence-corrected chi connectivity index (χ3v) is 2.66. The summed E-state index contributed by atoms with van der Waals surface area (Å²) in [5.41, 5.74) is 6.32. The second-order valence-corrected chi connectivity index (χ2v) is 4.15. The summed E-state index contributed by atoms with van der Waals surface area (Å²) in [6, 6.07) is 8.65. The highest BCUT2D eigenvalue weighted by molar-refractivity contribution is 9.10. The third kappa shape index (κ3) is 1.80. The van der Waals surface area contributed by atoms with Gasteiger partial charge in [0.1, 0.15) is 0 Å². The molecule has 0 bridgehead atoms. The van der Waals surface area contributed by atoms with Crippen LogP contribution >= 0.6 is 15.9 Å². The van der Waals surface area contributed by atoms with E-state index in [0.29, 0.717) is 11.1 Å². The van der Waals surface area contributed by atoms with E-state index in [0.717, 1.165) is 9.86 Å². The van der Waals surface area contributed by atoms with Crippen molar-refractivity contribution in [1.82, 2.24) is 0 Å². The van der Waals surface area contributed by atoms with E-state index in [9.17, 15) is 4.79 Å². The van der Waals surface area contributed by atoms with Crippen molar-refractivity contribution in [2.24, 2.45) is 0 Å². The molecule has 0 aromatic heterocycles. The number of carboxylic acids is 1. The number of nitrogen functional groups attached to an aromatic ring is 1.